The summed E-state index contributed by atoms with van der Waals surface area (Å²) in [4.78, 5) is 18.5. The van der Waals surface area contributed by atoms with Gasteiger partial charge in [-0.1, -0.05) is 0 Å². The van der Waals surface area contributed by atoms with Crippen molar-refractivity contribution in [3.05, 3.63) is 40.2 Å². The third kappa shape index (κ3) is 2.29. The molecular weight excluding hydrogens is 234 g/mol. The fourth-order valence-electron chi connectivity index (χ4n) is 1.46. The first-order valence-electron chi connectivity index (χ1n) is 5.13. The number of rotatable bonds is 2. The molecule has 2 heterocycles. The summed E-state index contributed by atoms with van der Waals surface area (Å²) in [5.74, 6) is 0.422. The molecule has 2 aromatic rings. The molecule has 2 rings (SSSR count). The van der Waals surface area contributed by atoms with Crippen LogP contribution in [0.4, 0.5) is 11.5 Å². The molecule has 0 aliphatic rings. The van der Waals surface area contributed by atoms with E-state index in [1.165, 1.54) is 11.3 Å². The van der Waals surface area contributed by atoms with Crippen molar-refractivity contribution >= 4 is 28.7 Å². The van der Waals surface area contributed by atoms with Gasteiger partial charge in [-0.15, -0.1) is 11.3 Å². The predicted octanol–water partition coefficient (Wildman–Crippen LogP) is 2.31. The third-order valence-electron chi connectivity index (χ3n) is 2.52. The molecule has 0 aromatic carbocycles. The smallest absolute Gasteiger partial charge is 0.268 e. The van der Waals surface area contributed by atoms with Crippen molar-refractivity contribution in [3.8, 4) is 0 Å². The molecule has 0 bridgehead atoms. The van der Waals surface area contributed by atoms with Crippen molar-refractivity contribution in [1.29, 1.82) is 0 Å². The number of amides is 1. The lowest BCUT2D eigenvalue weighted by Crippen LogP contribution is -2.26. The van der Waals surface area contributed by atoms with Crippen LogP contribution in [0.1, 0.15) is 15.2 Å². The van der Waals surface area contributed by atoms with Crippen LogP contribution in [0.3, 0.4) is 0 Å². The number of anilines is 2. The molecule has 0 atom stereocenters. The van der Waals surface area contributed by atoms with Crippen LogP contribution in [-0.4, -0.2) is 17.9 Å². The Morgan fingerprint density at radius 2 is 2.18 bits per heavy atom. The maximum absolute atomic E-state index is 12.2. The molecule has 17 heavy (non-hydrogen) atoms. The van der Waals surface area contributed by atoms with Crippen molar-refractivity contribution in [3.63, 3.8) is 0 Å². The molecule has 0 aliphatic carbocycles. The molecule has 0 fully saturated rings. The Hall–Kier alpha value is -1.88. The lowest BCUT2D eigenvalue weighted by atomic mass is 10.2. The first-order chi connectivity index (χ1) is 8.09. The normalized spacial score (nSPS) is 10.2. The highest BCUT2D eigenvalue weighted by Crippen LogP contribution is 2.21. The van der Waals surface area contributed by atoms with Crippen molar-refractivity contribution in [2.24, 2.45) is 0 Å². The second kappa shape index (κ2) is 4.55. The number of thiophene rings is 1. The Labute approximate surface area is 104 Å². The van der Waals surface area contributed by atoms with Crippen LogP contribution < -0.4 is 10.6 Å². The van der Waals surface area contributed by atoms with E-state index in [0.717, 1.165) is 16.1 Å². The second-order valence-electron chi connectivity index (χ2n) is 3.74. The first-order valence-corrected chi connectivity index (χ1v) is 6.01. The molecule has 2 aromatic heterocycles. The van der Waals surface area contributed by atoms with Crippen molar-refractivity contribution < 1.29 is 4.79 Å². The molecule has 2 N–H and O–H groups in total. The fraction of sp³-hybridized carbons (Fsp3) is 0.167. The van der Waals surface area contributed by atoms with Crippen LogP contribution in [0.2, 0.25) is 0 Å². The Morgan fingerprint density at radius 1 is 1.41 bits per heavy atom. The summed E-state index contributed by atoms with van der Waals surface area (Å²) in [6, 6.07) is 5.40. The lowest BCUT2D eigenvalue weighted by Gasteiger charge is -2.16. The van der Waals surface area contributed by atoms with Crippen LogP contribution in [0.25, 0.3) is 0 Å². The van der Waals surface area contributed by atoms with Crippen molar-refractivity contribution in [2.45, 2.75) is 6.92 Å². The van der Waals surface area contributed by atoms with E-state index in [9.17, 15) is 4.79 Å². The average molecular weight is 247 g/mol. The largest absolute Gasteiger partial charge is 0.384 e. The van der Waals surface area contributed by atoms with Gasteiger partial charge in [0, 0.05) is 7.05 Å². The van der Waals surface area contributed by atoms with E-state index in [2.05, 4.69) is 4.98 Å². The summed E-state index contributed by atoms with van der Waals surface area (Å²) in [5, 5.41) is 1.91. The number of hydrogen-bond donors (Lipinski definition) is 1. The zero-order valence-corrected chi connectivity index (χ0v) is 10.5. The van der Waals surface area contributed by atoms with Crippen molar-refractivity contribution in [1.82, 2.24) is 4.98 Å². The van der Waals surface area contributed by atoms with E-state index in [0.29, 0.717) is 5.82 Å². The molecule has 0 unspecified atom stereocenters. The number of aryl methyl sites for hydroxylation is 1. The molecule has 0 spiro atoms. The molecule has 0 aliphatic heterocycles. The number of nitrogen functional groups attached to an aromatic ring is 1. The highest BCUT2D eigenvalue weighted by atomic mass is 32.1. The number of carbonyl (C=O) groups excluding carboxylic acids is 1. The van der Waals surface area contributed by atoms with Gasteiger partial charge in [-0.05, 0) is 36.1 Å². The van der Waals surface area contributed by atoms with Gasteiger partial charge in [0.05, 0.1) is 16.8 Å². The van der Waals surface area contributed by atoms with Crippen LogP contribution in [-0.2, 0) is 0 Å². The quantitative estimate of drug-likeness (QED) is 0.886. The average Bonchev–Trinajstić information content (AvgIpc) is 2.74. The molecule has 1 amide bonds. The van der Waals surface area contributed by atoms with Gasteiger partial charge < -0.3 is 10.6 Å². The summed E-state index contributed by atoms with van der Waals surface area (Å²) in [7, 11) is 1.73. The van der Waals surface area contributed by atoms with Crippen LogP contribution in [0.15, 0.2) is 29.8 Å². The number of nitrogens with zero attached hydrogens (tertiary/aromatic N) is 2. The van der Waals surface area contributed by atoms with Gasteiger partial charge in [0.2, 0.25) is 0 Å². The fourth-order valence-corrected chi connectivity index (χ4v) is 2.36. The first kappa shape index (κ1) is 11.6. The molecule has 0 radical (unpaired) electrons. The maximum Gasteiger partial charge on any atom is 0.268 e. The van der Waals surface area contributed by atoms with Gasteiger partial charge in [-0.2, -0.15) is 0 Å². The summed E-state index contributed by atoms with van der Waals surface area (Å²) < 4.78 is 0. The number of carbonyl (C=O) groups is 1. The Bertz CT molecular complexity index is 533. The molecule has 4 nitrogen and oxygen atoms in total. The lowest BCUT2D eigenvalue weighted by molar-refractivity contribution is 0.0996. The van der Waals surface area contributed by atoms with E-state index in [4.69, 9.17) is 5.73 Å². The SMILES string of the molecule is Cc1ccsc1C(=O)N(C)c1ccc(N)nc1. The Kier molecular flexibility index (Phi) is 3.10. The van der Waals surface area contributed by atoms with E-state index in [-0.39, 0.29) is 5.91 Å². The number of nitrogens with two attached hydrogens (primary N) is 1. The second-order valence-corrected chi connectivity index (χ2v) is 4.65. The molecule has 5 heteroatoms. The Morgan fingerprint density at radius 3 is 2.71 bits per heavy atom. The topological polar surface area (TPSA) is 59.2 Å². The summed E-state index contributed by atoms with van der Waals surface area (Å²) in [5.41, 5.74) is 7.24. The van der Waals surface area contributed by atoms with E-state index >= 15 is 0 Å². The minimum absolute atomic E-state index is 0.0240. The number of aromatic nitrogens is 1. The monoisotopic (exact) mass is 247 g/mol. The minimum atomic E-state index is -0.0240. The molecule has 0 saturated carbocycles. The minimum Gasteiger partial charge on any atom is -0.384 e. The molecule has 0 saturated heterocycles. The third-order valence-corrected chi connectivity index (χ3v) is 3.52. The van der Waals surface area contributed by atoms with Gasteiger partial charge >= 0.3 is 0 Å². The Balaban J connectivity index is 2.26. The van der Waals surface area contributed by atoms with Gasteiger partial charge in [0.1, 0.15) is 5.82 Å². The van der Waals surface area contributed by atoms with Gasteiger partial charge in [-0.3, -0.25) is 4.79 Å². The summed E-state index contributed by atoms with van der Waals surface area (Å²) >= 11 is 1.45. The zero-order chi connectivity index (χ0) is 12.4. The van der Waals surface area contributed by atoms with Gasteiger partial charge in [0.15, 0.2) is 0 Å². The van der Waals surface area contributed by atoms with E-state index in [1.54, 1.807) is 30.3 Å². The van der Waals surface area contributed by atoms with Gasteiger partial charge in [0.25, 0.3) is 5.91 Å². The summed E-state index contributed by atoms with van der Waals surface area (Å²) in [6.07, 6.45) is 1.59. The molecular formula is C12H13N3OS. The number of hydrogen-bond acceptors (Lipinski definition) is 4. The number of pyridine rings is 1. The summed E-state index contributed by atoms with van der Waals surface area (Å²) in [6.45, 7) is 1.93. The molecule has 88 valence electrons. The van der Waals surface area contributed by atoms with Crippen LogP contribution in [0.5, 0.6) is 0 Å². The predicted molar refractivity (Wildman–Crippen MR) is 70.4 cm³/mol. The van der Waals surface area contributed by atoms with E-state index in [1.807, 2.05) is 18.4 Å². The highest BCUT2D eigenvalue weighted by Gasteiger charge is 2.16. The van der Waals surface area contributed by atoms with E-state index < -0.39 is 0 Å². The zero-order valence-electron chi connectivity index (χ0n) is 9.68. The highest BCUT2D eigenvalue weighted by molar-refractivity contribution is 7.12. The van der Waals surface area contributed by atoms with Crippen molar-refractivity contribution in [2.75, 3.05) is 17.7 Å². The van der Waals surface area contributed by atoms with Crippen LogP contribution in [0, 0.1) is 6.92 Å². The maximum atomic E-state index is 12.2. The van der Waals surface area contributed by atoms with Gasteiger partial charge in [-0.25, -0.2) is 4.98 Å². The van der Waals surface area contributed by atoms with Crippen LogP contribution >= 0.6 is 11.3 Å². The standard InChI is InChI=1S/C12H13N3OS/c1-8-5-6-17-11(8)12(16)15(2)9-3-4-10(13)14-7-9/h3-7H,1-2H3,(H2,13,14).